The van der Waals surface area contributed by atoms with Crippen LogP contribution in [0.1, 0.15) is 78.4 Å². The summed E-state index contributed by atoms with van der Waals surface area (Å²) in [7, 11) is 0. The van der Waals surface area contributed by atoms with E-state index in [2.05, 4.69) is 47.6 Å². The zero-order chi connectivity index (χ0) is 17.0. The monoisotopic (exact) mass is 306 g/mol. The van der Waals surface area contributed by atoms with Crippen LogP contribution in [0, 0.1) is 10.8 Å². The van der Waals surface area contributed by atoms with Crippen molar-refractivity contribution in [3.63, 3.8) is 0 Å². The summed E-state index contributed by atoms with van der Waals surface area (Å²) in [6.45, 7) is 13.4. The van der Waals surface area contributed by atoms with Gasteiger partial charge in [-0.25, -0.2) is 0 Å². The first-order valence-electron chi connectivity index (χ1n) is 8.52. The molecule has 0 aliphatic rings. The molecule has 0 bridgehead atoms. The summed E-state index contributed by atoms with van der Waals surface area (Å²) >= 11 is 0. The van der Waals surface area contributed by atoms with E-state index in [1.165, 1.54) is 0 Å². The molecular formula is C20H34O2. The Morgan fingerprint density at radius 3 is 1.77 bits per heavy atom. The predicted octanol–water partition coefficient (Wildman–Crippen LogP) is 5.84. The van der Waals surface area contributed by atoms with Crippen LogP contribution in [0.2, 0.25) is 0 Å². The molecule has 2 N–H and O–H groups in total. The minimum absolute atomic E-state index is 0.0269. The summed E-state index contributed by atoms with van der Waals surface area (Å²) in [5, 5.41) is 20.0. The van der Waals surface area contributed by atoms with Crippen LogP contribution < -0.4 is 0 Å². The van der Waals surface area contributed by atoms with Gasteiger partial charge < -0.3 is 10.2 Å². The summed E-state index contributed by atoms with van der Waals surface area (Å²) in [4.78, 5) is 0. The van der Waals surface area contributed by atoms with Gasteiger partial charge in [-0.15, -0.1) is 0 Å². The molecule has 0 aliphatic heterocycles. The molecule has 0 fully saturated rings. The molecule has 126 valence electrons. The highest BCUT2D eigenvalue weighted by Crippen LogP contribution is 2.33. The lowest BCUT2D eigenvalue weighted by Crippen LogP contribution is -2.06. The Bertz CT molecular complexity index is 476. The molecule has 0 saturated heterocycles. The molecule has 0 radical (unpaired) electrons. The highest BCUT2D eigenvalue weighted by atomic mass is 16.3. The van der Waals surface area contributed by atoms with Crippen LogP contribution in [0.4, 0.5) is 0 Å². The number of aryl methyl sites for hydroxylation is 2. The van der Waals surface area contributed by atoms with E-state index in [0.29, 0.717) is 10.8 Å². The van der Waals surface area contributed by atoms with Crippen molar-refractivity contribution in [3.05, 3.63) is 23.3 Å². The van der Waals surface area contributed by atoms with Crippen molar-refractivity contribution >= 4 is 0 Å². The van der Waals surface area contributed by atoms with Gasteiger partial charge >= 0.3 is 0 Å². The Kier molecular flexibility index (Phi) is 6.34. The minimum atomic E-state index is 0.0269. The smallest absolute Gasteiger partial charge is 0.160 e. The third-order valence-corrected chi connectivity index (χ3v) is 3.99. The number of phenols is 2. The van der Waals surface area contributed by atoms with Gasteiger partial charge in [-0.1, -0.05) is 47.6 Å². The largest absolute Gasteiger partial charge is 0.504 e. The fourth-order valence-electron chi connectivity index (χ4n) is 2.71. The van der Waals surface area contributed by atoms with E-state index in [4.69, 9.17) is 0 Å². The summed E-state index contributed by atoms with van der Waals surface area (Å²) in [5.74, 6) is 0.0903. The SMILES string of the molecule is CC(C)(C)CCCc1cc(O)c(O)c(CCCC(C)(C)C)c1. The highest BCUT2D eigenvalue weighted by Gasteiger charge is 2.14. The first-order valence-corrected chi connectivity index (χ1v) is 8.52. The number of hydrogen-bond acceptors (Lipinski definition) is 2. The highest BCUT2D eigenvalue weighted by molar-refractivity contribution is 5.47. The van der Waals surface area contributed by atoms with Crippen molar-refractivity contribution in [3.8, 4) is 11.5 Å². The third-order valence-electron chi connectivity index (χ3n) is 3.99. The fraction of sp³-hybridized carbons (Fsp3) is 0.700. The zero-order valence-electron chi connectivity index (χ0n) is 15.3. The average molecular weight is 306 g/mol. The van der Waals surface area contributed by atoms with Gasteiger partial charge in [0.05, 0.1) is 0 Å². The van der Waals surface area contributed by atoms with Crippen LogP contribution in [0.25, 0.3) is 0 Å². The predicted molar refractivity (Wildman–Crippen MR) is 94.6 cm³/mol. The van der Waals surface area contributed by atoms with Crippen molar-refractivity contribution in [2.45, 2.75) is 80.1 Å². The van der Waals surface area contributed by atoms with Gasteiger partial charge in [-0.3, -0.25) is 0 Å². The lowest BCUT2D eigenvalue weighted by atomic mass is 9.87. The Morgan fingerprint density at radius 2 is 1.27 bits per heavy atom. The van der Waals surface area contributed by atoms with E-state index >= 15 is 0 Å². The molecule has 0 saturated carbocycles. The summed E-state index contributed by atoms with van der Waals surface area (Å²) in [6.07, 6.45) is 6.19. The second-order valence-corrected chi connectivity index (χ2v) is 8.95. The molecule has 1 aromatic rings. The molecule has 22 heavy (non-hydrogen) atoms. The van der Waals surface area contributed by atoms with Gasteiger partial charge in [0, 0.05) is 0 Å². The molecule has 0 heterocycles. The van der Waals surface area contributed by atoms with Crippen LogP contribution in [-0.2, 0) is 12.8 Å². The molecule has 0 atom stereocenters. The number of phenolic OH excluding ortho intramolecular Hbond substituents is 2. The first-order chi connectivity index (χ1) is 9.98. The molecule has 2 nitrogen and oxygen atoms in total. The molecule has 1 rings (SSSR count). The molecule has 0 unspecified atom stereocenters. The quantitative estimate of drug-likeness (QED) is 0.649. The van der Waals surface area contributed by atoms with E-state index in [-0.39, 0.29) is 11.5 Å². The van der Waals surface area contributed by atoms with Crippen LogP contribution in [-0.4, -0.2) is 10.2 Å². The maximum Gasteiger partial charge on any atom is 0.160 e. The lowest BCUT2D eigenvalue weighted by Gasteiger charge is -2.19. The Labute approximate surface area is 136 Å². The van der Waals surface area contributed by atoms with Gasteiger partial charge in [0.1, 0.15) is 0 Å². The molecule has 0 spiro atoms. The van der Waals surface area contributed by atoms with Crippen LogP contribution in [0.15, 0.2) is 12.1 Å². The Balaban J connectivity index is 2.69. The molecule has 0 amide bonds. The number of benzene rings is 1. The maximum absolute atomic E-state index is 10.1. The van der Waals surface area contributed by atoms with E-state index in [1.54, 1.807) is 6.07 Å². The van der Waals surface area contributed by atoms with Crippen LogP contribution in [0.3, 0.4) is 0 Å². The van der Waals surface area contributed by atoms with E-state index in [1.807, 2.05) is 0 Å². The molecule has 2 heteroatoms. The Hall–Kier alpha value is -1.18. The Morgan fingerprint density at radius 1 is 0.773 bits per heavy atom. The standard InChI is InChI=1S/C20H34O2/c1-19(2,3)11-7-9-15-13-16(18(22)17(21)14-15)10-8-12-20(4,5)6/h13-14,21-22H,7-12H2,1-6H3. The van der Waals surface area contributed by atoms with E-state index in [9.17, 15) is 10.2 Å². The van der Waals surface area contributed by atoms with Gasteiger partial charge in [-0.05, 0) is 66.5 Å². The first kappa shape index (κ1) is 18.9. The molecule has 0 aliphatic carbocycles. The lowest BCUT2D eigenvalue weighted by molar-refractivity contribution is 0.361. The van der Waals surface area contributed by atoms with E-state index < -0.39 is 0 Å². The summed E-state index contributed by atoms with van der Waals surface area (Å²) < 4.78 is 0. The van der Waals surface area contributed by atoms with Crippen molar-refractivity contribution in [1.29, 1.82) is 0 Å². The molecule has 0 aromatic heterocycles. The van der Waals surface area contributed by atoms with Gasteiger partial charge in [0.25, 0.3) is 0 Å². The minimum Gasteiger partial charge on any atom is -0.504 e. The van der Waals surface area contributed by atoms with Gasteiger partial charge in [0.15, 0.2) is 11.5 Å². The van der Waals surface area contributed by atoms with Crippen LogP contribution >= 0.6 is 0 Å². The normalized spacial score (nSPS) is 12.6. The molecular weight excluding hydrogens is 272 g/mol. The van der Waals surface area contributed by atoms with Crippen molar-refractivity contribution in [2.24, 2.45) is 10.8 Å². The van der Waals surface area contributed by atoms with Crippen molar-refractivity contribution in [1.82, 2.24) is 0 Å². The number of aromatic hydroxyl groups is 2. The van der Waals surface area contributed by atoms with Crippen molar-refractivity contribution in [2.75, 3.05) is 0 Å². The maximum atomic E-state index is 10.1. The second-order valence-electron chi connectivity index (χ2n) is 8.95. The van der Waals surface area contributed by atoms with E-state index in [0.717, 1.165) is 49.7 Å². The topological polar surface area (TPSA) is 40.5 Å². The number of rotatable bonds is 6. The van der Waals surface area contributed by atoms with Crippen LogP contribution in [0.5, 0.6) is 11.5 Å². The van der Waals surface area contributed by atoms with Crippen molar-refractivity contribution < 1.29 is 10.2 Å². The summed E-state index contributed by atoms with van der Waals surface area (Å²) in [6, 6.07) is 3.78. The van der Waals surface area contributed by atoms with Gasteiger partial charge in [0.2, 0.25) is 0 Å². The average Bonchev–Trinajstić information content (AvgIpc) is 2.31. The second kappa shape index (κ2) is 7.39. The summed E-state index contributed by atoms with van der Waals surface area (Å²) in [5.41, 5.74) is 2.66. The third kappa shape index (κ3) is 7.20. The fourth-order valence-corrected chi connectivity index (χ4v) is 2.71. The number of hydrogen-bond donors (Lipinski definition) is 2. The van der Waals surface area contributed by atoms with Gasteiger partial charge in [-0.2, -0.15) is 0 Å². The zero-order valence-corrected chi connectivity index (χ0v) is 15.3. The molecule has 1 aromatic carbocycles.